The first kappa shape index (κ1) is 11.6. The minimum atomic E-state index is -6.00. The average Bonchev–Trinajstić information content (AvgIpc) is 1.85. The fourth-order valence-electron chi connectivity index (χ4n) is 0.478. The van der Waals surface area contributed by atoms with Crippen molar-refractivity contribution in [3.8, 4) is 0 Å². The van der Waals surface area contributed by atoms with Crippen LogP contribution in [0.15, 0.2) is 30.3 Å². The molecule has 0 amide bonds. The Kier molecular flexibility index (Phi) is 5.06. The molecule has 68 valence electrons. The first-order valence-electron chi connectivity index (χ1n) is 3.14. The average molecular weight is 242 g/mol. The molecule has 0 fully saturated rings. The fraction of sp³-hybridized carbons (Fsp3) is 0. The second-order valence-corrected chi connectivity index (χ2v) is 3.69. The zero-order chi connectivity index (χ0) is 9.61. The second kappa shape index (κ2) is 5.25. The summed E-state index contributed by atoms with van der Waals surface area (Å²) in [4.78, 5) is 0. The van der Waals surface area contributed by atoms with Gasteiger partial charge in [-0.3, -0.25) is 0 Å². The van der Waals surface area contributed by atoms with Crippen LogP contribution in [-0.2, 0) is 0 Å². The van der Waals surface area contributed by atoms with Crippen molar-refractivity contribution < 1.29 is 17.3 Å². The van der Waals surface area contributed by atoms with Gasteiger partial charge in [-0.1, -0.05) is 0 Å². The molecule has 0 aromatic heterocycles. The molecule has 0 aliphatic carbocycles. The van der Waals surface area contributed by atoms with Gasteiger partial charge in [0.2, 0.25) is 0 Å². The van der Waals surface area contributed by atoms with Gasteiger partial charge in [-0.05, 0) is 0 Å². The predicted molar refractivity (Wildman–Crippen MR) is 46.2 cm³/mol. The van der Waals surface area contributed by atoms with E-state index in [4.69, 9.17) is 0 Å². The van der Waals surface area contributed by atoms with Gasteiger partial charge in [0.25, 0.3) is 0 Å². The van der Waals surface area contributed by atoms with Crippen molar-refractivity contribution in [2.45, 2.75) is 0 Å². The van der Waals surface area contributed by atoms with Crippen LogP contribution in [0.25, 0.3) is 0 Å². The maximum atomic E-state index is 9.75. The van der Waals surface area contributed by atoms with E-state index in [1.54, 1.807) is 0 Å². The van der Waals surface area contributed by atoms with E-state index in [0.717, 1.165) is 0 Å². The maximum absolute atomic E-state index is 9.75. The molecule has 0 aliphatic heterocycles. The molecule has 0 N–H and O–H groups in total. The van der Waals surface area contributed by atoms with Gasteiger partial charge in [0.1, 0.15) is 0 Å². The number of hydrogen-bond acceptors (Lipinski definition) is 0. The molecule has 12 heavy (non-hydrogen) atoms. The Morgan fingerprint density at radius 3 is 1.42 bits per heavy atom. The molecule has 0 nitrogen and oxygen atoms in total. The summed E-state index contributed by atoms with van der Waals surface area (Å²) in [6.45, 7) is 0. The number of halogens is 4. The summed E-state index contributed by atoms with van der Waals surface area (Å²) in [7, 11) is -6.00. The Bertz CT molecular complexity index is 205. The Balaban J connectivity index is 0.000000217. The molecule has 1 aromatic carbocycles. The normalized spacial score (nSPS) is 10.3. The van der Waals surface area contributed by atoms with E-state index < -0.39 is 7.25 Å². The topological polar surface area (TPSA) is 0 Å². The summed E-state index contributed by atoms with van der Waals surface area (Å²) in [5.41, 5.74) is 0. The third-order valence-electron chi connectivity index (χ3n) is 0.843. The summed E-state index contributed by atoms with van der Waals surface area (Å²) < 4.78 is 40.4. The molecule has 0 aliphatic rings. The van der Waals surface area contributed by atoms with Gasteiger partial charge in [0, 0.05) is 0 Å². The SMILES string of the molecule is F[B-](F)(F)F.[AsH3+]c1ccccc1. The van der Waals surface area contributed by atoms with E-state index in [-0.39, 0.29) is 0 Å². The number of hydrogen-bond donors (Lipinski definition) is 0. The molecule has 0 spiro atoms. The van der Waals surface area contributed by atoms with Gasteiger partial charge < -0.3 is 17.3 Å². The molecule has 1 atom stereocenters. The van der Waals surface area contributed by atoms with E-state index in [2.05, 4.69) is 24.3 Å². The molecule has 0 bridgehead atoms. The summed E-state index contributed by atoms with van der Waals surface area (Å²) >= 11 is 1.26. The van der Waals surface area contributed by atoms with Crippen molar-refractivity contribution in [3.63, 3.8) is 0 Å². The van der Waals surface area contributed by atoms with Crippen LogP contribution in [0.4, 0.5) is 17.3 Å². The second-order valence-electron chi connectivity index (χ2n) is 1.98. The van der Waals surface area contributed by atoms with Gasteiger partial charge >= 0.3 is 58.8 Å². The molecular formula is C6H8AsBF4. The van der Waals surface area contributed by atoms with E-state index >= 15 is 0 Å². The first-order chi connectivity index (χ1) is 5.39. The zero-order valence-electron chi connectivity index (χ0n) is 6.18. The van der Waals surface area contributed by atoms with Crippen LogP contribution in [-0.4, -0.2) is 24.1 Å². The molecule has 0 saturated carbocycles. The van der Waals surface area contributed by atoms with Crippen LogP contribution in [0.3, 0.4) is 0 Å². The van der Waals surface area contributed by atoms with Crippen LogP contribution < -0.4 is 4.35 Å². The molecule has 0 radical (unpaired) electrons. The zero-order valence-corrected chi connectivity index (χ0v) is 9.15. The molecule has 1 aromatic rings. The van der Waals surface area contributed by atoms with Crippen LogP contribution in [0, 0.1) is 0 Å². The van der Waals surface area contributed by atoms with E-state index in [1.165, 1.54) is 21.2 Å². The molecule has 0 heterocycles. The van der Waals surface area contributed by atoms with E-state index in [1.807, 2.05) is 6.07 Å². The quantitative estimate of drug-likeness (QED) is 0.469. The molecule has 6 heteroatoms. The number of rotatable bonds is 0. The summed E-state index contributed by atoms with van der Waals surface area (Å²) in [5.74, 6) is 0. The van der Waals surface area contributed by atoms with Crippen molar-refractivity contribution >= 4 is 28.5 Å². The summed E-state index contributed by atoms with van der Waals surface area (Å²) in [6.07, 6.45) is 0. The van der Waals surface area contributed by atoms with Crippen molar-refractivity contribution in [1.82, 2.24) is 0 Å². The van der Waals surface area contributed by atoms with Gasteiger partial charge in [0.15, 0.2) is 0 Å². The van der Waals surface area contributed by atoms with Gasteiger partial charge in [-0.2, -0.15) is 0 Å². The van der Waals surface area contributed by atoms with Gasteiger partial charge in [0.05, 0.1) is 0 Å². The molecular weight excluding hydrogens is 234 g/mol. The van der Waals surface area contributed by atoms with Crippen molar-refractivity contribution in [2.75, 3.05) is 0 Å². The molecule has 1 unspecified atom stereocenters. The predicted octanol–water partition coefficient (Wildman–Crippen LogP) is 0.977. The molecule has 0 saturated heterocycles. The van der Waals surface area contributed by atoms with Crippen LogP contribution in [0.2, 0.25) is 0 Å². The van der Waals surface area contributed by atoms with Crippen LogP contribution >= 0.6 is 0 Å². The van der Waals surface area contributed by atoms with E-state index in [0.29, 0.717) is 0 Å². The summed E-state index contributed by atoms with van der Waals surface area (Å²) in [5, 5.41) is 0. The Labute approximate surface area is 76.6 Å². The monoisotopic (exact) mass is 242 g/mol. The van der Waals surface area contributed by atoms with Crippen molar-refractivity contribution in [2.24, 2.45) is 0 Å². The molecule has 1 rings (SSSR count). The third-order valence-corrected chi connectivity index (χ3v) is 1.83. The van der Waals surface area contributed by atoms with Crippen molar-refractivity contribution in [1.29, 1.82) is 0 Å². The van der Waals surface area contributed by atoms with Gasteiger partial charge in [-0.25, -0.2) is 0 Å². The standard InChI is InChI=1S/C6H8As.BF4/c7-6-4-2-1-3-5-6;2-1(3,4)5/h1-5H,7H3;/q+1;-1. The van der Waals surface area contributed by atoms with Gasteiger partial charge in [-0.15, -0.1) is 0 Å². The Morgan fingerprint density at radius 2 is 1.25 bits per heavy atom. The Hall–Kier alpha value is -0.437. The van der Waals surface area contributed by atoms with Crippen LogP contribution in [0.1, 0.15) is 0 Å². The first-order valence-corrected chi connectivity index (χ1v) is 4.62. The van der Waals surface area contributed by atoms with E-state index in [9.17, 15) is 17.3 Å². The third kappa shape index (κ3) is 12.3. The fourth-order valence-corrected chi connectivity index (χ4v) is 1.05. The number of benzene rings is 1. The van der Waals surface area contributed by atoms with Crippen molar-refractivity contribution in [3.05, 3.63) is 30.3 Å². The Morgan fingerprint density at radius 1 is 0.917 bits per heavy atom. The van der Waals surface area contributed by atoms with Crippen LogP contribution in [0.5, 0.6) is 0 Å². The minimum absolute atomic E-state index is 1.26. The summed E-state index contributed by atoms with van der Waals surface area (Å²) in [6, 6.07) is 10.5.